The van der Waals surface area contributed by atoms with Crippen LogP contribution in [0.25, 0.3) is 10.9 Å². The van der Waals surface area contributed by atoms with Gasteiger partial charge in [0.05, 0.1) is 25.5 Å². The summed E-state index contributed by atoms with van der Waals surface area (Å²) < 4.78 is 13.4. The molecule has 0 bridgehead atoms. The highest BCUT2D eigenvalue weighted by Crippen LogP contribution is 2.43. The van der Waals surface area contributed by atoms with Crippen LogP contribution in [0.15, 0.2) is 47.6 Å². The fourth-order valence-corrected chi connectivity index (χ4v) is 6.38. The van der Waals surface area contributed by atoms with Gasteiger partial charge in [-0.1, -0.05) is 24.2 Å². The number of carboxylic acids is 3. The van der Waals surface area contributed by atoms with Gasteiger partial charge in [0, 0.05) is 17.1 Å². The Bertz CT molecular complexity index is 1590. The monoisotopic (exact) mass is 623 g/mol. The zero-order valence-corrected chi connectivity index (χ0v) is 25.1. The lowest BCUT2D eigenvalue weighted by Crippen LogP contribution is -2.42. The minimum absolute atomic E-state index is 0.455. The van der Waals surface area contributed by atoms with Crippen LogP contribution in [0.3, 0.4) is 0 Å². The zero-order chi connectivity index (χ0) is 32.7. The fourth-order valence-electron chi connectivity index (χ4n) is 6.38. The van der Waals surface area contributed by atoms with Gasteiger partial charge in [0.1, 0.15) is 5.75 Å². The number of piperidine rings is 1. The number of benzene rings is 2. The summed E-state index contributed by atoms with van der Waals surface area (Å²) in [6.07, 6.45) is 5.15. The molecule has 2 unspecified atom stereocenters. The van der Waals surface area contributed by atoms with Crippen molar-refractivity contribution in [3.8, 4) is 17.2 Å². The van der Waals surface area contributed by atoms with Gasteiger partial charge in [-0.25, -0.2) is 14.3 Å². The van der Waals surface area contributed by atoms with Gasteiger partial charge in [-0.15, -0.1) is 0 Å². The van der Waals surface area contributed by atoms with Crippen LogP contribution in [-0.4, -0.2) is 85.8 Å². The first-order chi connectivity index (χ1) is 21.5. The predicted octanol–water partition coefficient (Wildman–Crippen LogP) is 4.20. The van der Waals surface area contributed by atoms with Crippen molar-refractivity contribution in [3.05, 3.63) is 53.7 Å². The quantitative estimate of drug-likeness (QED) is 0.177. The number of rotatable bonds is 11. The summed E-state index contributed by atoms with van der Waals surface area (Å²) in [7, 11) is 1.64. The molecule has 13 heteroatoms. The van der Waals surface area contributed by atoms with Gasteiger partial charge in [0.25, 0.3) is 6.08 Å². The van der Waals surface area contributed by atoms with E-state index in [9.17, 15) is 19.2 Å². The molecule has 3 aromatic rings. The smallest absolute Gasteiger partial charge is 0.336 e. The number of para-hydroxylation sites is 2. The molecule has 2 aromatic carbocycles. The van der Waals surface area contributed by atoms with Crippen LogP contribution < -0.4 is 9.47 Å². The molecule has 0 saturated carbocycles. The van der Waals surface area contributed by atoms with Crippen molar-refractivity contribution in [2.24, 2.45) is 5.10 Å². The maximum absolute atomic E-state index is 11.2. The first kappa shape index (κ1) is 33.2. The Balaban J connectivity index is 0.000000302. The Hall–Kier alpha value is -4.71. The van der Waals surface area contributed by atoms with Gasteiger partial charge < -0.3 is 34.8 Å². The normalized spacial score (nSPS) is 17.8. The summed E-state index contributed by atoms with van der Waals surface area (Å²) >= 11 is 0. The van der Waals surface area contributed by atoms with Gasteiger partial charge >= 0.3 is 17.9 Å². The number of hydrogen-bond donors (Lipinski definition) is 4. The van der Waals surface area contributed by atoms with Crippen LogP contribution in [-0.2, 0) is 25.6 Å². The number of carboxylic acid groups (broad SMARTS) is 3. The van der Waals surface area contributed by atoms with Crippen LogP contribution in [0, 0.1) is 0 Å². The van der Waals surface area contributed by atoms with Crippen LogP contribution in [0.2, 0.25) is 0 Å². The van der Waals surface area contributed by atoms with E-state index < -0.39 is 36.4 Å². The van der Waals surface area contributed by atoms with Crippen LogP contribution in [0.4, 0.5) is 0 Å². The number of aliphatic carboxylic acids is 3. The first-order valence-electron chi connectivity index (χ1n) is 14.7. The van der Waals surface area contributed by atoms with E-state index in [0.717, 1.165) is 48.2 Å². The molecule has 240 valence electrons. The number of isocyanates is 1. The second-order valence-corrected chi connectivity index (χ2v) is 11.2. The lowest BCUT2D eigenvalue weighted by molar-refractivity contribution is -0.170. The highest BCUT2D eigenvalue weighted by Gasteiger charge is 2.41. The van der Waals surface area contributed by atoms with Gasteiger partial charge in [0.2, 0.25) is 0 Å². The molecule has 5 rings (SSSR count). The Morgan fingerprint density at radius 1 is 1.02 bits per heavy atom. The maximum atomic E-state index is 11.2. The lowest BCUT2D eigenvalue weighted by atomic mass is 9.83. The van der Waals surface area contributed by atoms with E-state index >= 15 is 0 Å². The van der Waals surface area contributed by atoms with E-state index in [2.05, 4.69) is 23.0 Å². The standard InChI is InChI=1S/C26H29N3O3.C6H8O7/c1-3-22-26(18-12-14-28-13-6-7-19(28)15-18)21-16-20(10-11-23(21)29(22)27-17-30)32-25-9-5-4-8-24(25)31-2;7-3(8)1-6(13,5(11)12)2-4(9)10/h4-5,8-11,16,18-19H,3,6-7,12-15H2,1-2H3;13H,1-2H2,(H,7,8)(H,9,10)(H,11,12). The van der Waals surface area contributed by atoms with Crippen molar-refractivity contribution in [2.75, 3.05) is 20.2 Å². The molecule has 0 amide bonds. The lowest BCUT2D eigenvalue weighted by Gasteiger charge is -2.35. The van der Waals surface area contributed by atoms with Gasteiger partial charge in [0.15, 0.2) is 17.1 Å². The Labute approximate surface area is 259 Å². The zero-order valence-electron chi connectivity index (χ0n) is 25.1. The van der Waals surface area contributed by atoms with Crippen molar-refractivity contribution in [1.29, 1.82) is 0 Å². The summed E-state index contributed by atoms with van der Waals surface area (Å²) in [6.45, 7) is 4.50. The van der Waals surface area contributed by atoms with E-state index in [1.54, 1.807) is 17.9 Å². The Morgan fingerprint density at radius 2 is 1.71 bits per heavy atom. The Kier molecular flexibility index (Phi) is 10.6. The second kappa shape index (κ2) is 14.4. The second-order valence-electron chi connectivity index (χ2n) is 11.2. The molecule has 0 aliphatic carbocycles. The summed E-state index contributed by atoms with van der Waals surface area (Å²) in [5.74, 6) is -2.45. The number of aromatic nitrogens is 1. The third kappa shape index (κ3) is 7.51. The van der Waals surface area contributed by atoms with Crippen molar-refractivity contribution in [2.45, 2.75) is 69.4 Å². The number of nitrogens with zero attached hydrogens (tertiary/aromatic N) is 3. The third-order valence-corrected chi connectivity index (χ3v) is 8.34. The molecule has 2 fully saturated rings. The summed E-state index contributed by atoms with van der Waals surface area (Å²) in [5, 5.41) is 39.0. The number of fused-ring (bicyclic) bond motifs is 2. The molecule has 2 aliphatic heterocycles. The SMILES string of the molecule is CCc1c(C2CCN3CCCC3C2)c2cc(Oc3ccccc3OC)ccc2n1N=C=O.O=C(O)CC(O)(CC(=O)O)C(=O)O. The first-order valence-corrected chi connectivity index (χ1v) is 14.7. The highest BCUT2D eigenvalue weighted by atomic mass is 16.5. The predicted molar refractivity (Wildman–Crippen MR) is 162 cm³/mol. The molecular weight excluding hydrogens is 586 g/mol. The van der Waals surface area contributed by atoms with E-state index in [1.807, 2.05) is 36.4 Å². The largest absolute Gasteiger partial charge is 0.493 e. The summed E-state index contributed by atoms with van der Waals surface area (Å²) in [5.41, 5.74) is 0.617. The molecule has 1 aromatic heterocycles. The highest BCUT2D eigenvalue weighted by molar-refractivity contribution is 5.89. The number of aliphatic hydroxyl groups is 1. The molecule has 0 radical (unpaired) electrons. The molecule has 13 nitrogen and oxygen atoms in total. The van der Waals surface area contributed by atoms with E-state index in [1.165, 1.54) is 24.9 Å². The number of methoxy groups -OCH3 is 1. The Morgan fingerprint density at radius 3 is 2.31 bits per heavy atom. The van der Waals surface area contributed by atoms with Crippen molar-refractivity contribution < 1.29 is 49.1 Å². The number of carbonyl (C=O) groups is 3. The van der Waals surface area contributed by atoms with Crippen molar-refractivity contribution >= 4 is 34.9 Å². The number of hydrogen-bond acceptors (Lipinski definition) is 9. The van der Waals surface area contributed by atoms with Gasteiger partial charge in [-0.05, 0) is 87.0 Å². The molecule has 2 aliphatic rings. The molecule has 2 atom stereocenters. The van der Waals surface area contributed by atoms with Crippen molar-refractivity contribution in [1.82, 2.24) is 9.58 Å². The van der Waals surface area contributed by atoms with Gasteiger partial charge in [-0.3, -0.25) is 9.59 Å². The fraction of sp³-hybridized carbons (Fsp3) is 0.438. The van der Waals surface area contributed by atoms with E-state index in [-0.39, 0.29) is 0 Å². The van der Waals surface area contributed by atoms with Gasteiger partial charge in [-0.2, -0.15) is 0 Å². The maximum Gasteiger partial charge on any atom is 0.336 e. The minimum Gasteiger partial charge on any atom is -0.493 e. The average molecular weight is 624 g/mol. The van der Waals surface area contributed by atoms with Crippen LogP contribution >= 0.6 is 0 Å². The molecule has 45 heavy (non-hydrogen) atoms. The topological polar surface area (TPSA) is 188 Å². The summed E-state index contributed by atoms with van der Waals surface area (Å²) in [4.78, 5) is 44.4. The molecule has 4 N–H and O–H groups in total. The van der Waals surface area contributed by atoms with E-state index in [4.69, 9.17) is 29.9 Å². The van der Waals surface area contributed by atoms with Crippen LogP contribution in [0.1, 0.15) is 62.6 Å². The molecular formula is C32H37N3O10. The molecule has 0 spiro atoms. The molecule has 3 heterocycles. The minimum atomic E-state index is -2.74. The van der Waals surface area contributed by atoms with Crippen LogP contribution in [0.5, 0.6) is 17.2 Å². The third-order valence-electron chi connectivity index (χ3n) is 8.34. The summed E-state index contributed by atoms with van der Waals surface area (Å²) in [6, 6.07) is 14.3. The van der Waals surface area contributed by atoms with E-state index in [0.29, 0.717) is 23.5 Å². The molecule has 2 saturated heterocycles. The average Bonchev–Trinajstić information content (AvgIpc) is 3.58. The van der Waals surface area contributed by atoms with Crippen molar-refractivity contribution in [3.63, 3.8) is 0 Å². The number of ether oxygens (including phenoxy) is 2. The number of carbonyl (C=O) groups excluding carboxylic acids is 1.